The number of nitrogens with one attached hydrogen (secondary N) is 1. The number of halogens is 2. The summed E-state index contributed by atoms with van der Waals surface area (Å²) in [5.41, 5.74) is 0.480. The predicted octanol–water partition coefficient (Wildman–Crippen LogP) is 2.07. The second-order valence-electron chi connectivity index (χ2n) is 3.21. The third-order valence-corrected chi connectivity index (χ3v) is 2.18. The van der Waals surface area contributed by atoms with Gasteiger partial charge >= 0.3 is 12.7 Å². The van der Waals surface area contributed by atoms with Crippen LogP contribution in [0.25, 0.3) is 0 Å². The minimum atomic E-state index is -2.89. The number of cyclic esters (lactones) is 1. The summed E-state index contributed by atoms with van der Waals surface area (Å²) in [5, 5.41) is 2.50. The number of hydrogen-bond donors (Lipinski definition) is 1. The van der Waals surface area contributed by atoms with Crippen molar-refractivity contribution in [1.29, 1.82) is 0 Å². The normalized spacial score (nSPS) is 19.4. The first-order valence-electron chi connectivity index (χ1n) is 4.64. The van der Waals surface area contributed by atoms with Crippen LogP contribution in [0.3, 0.4) is 0 Å². The van der Waals surface area contributed by atoms with Crippen molar-refractivity contribution in [2.24, 2.45) is 0 Å². The van der Waals surface area contributed by atoms with E-state index >= 15 is 0 Å². The third-order valence-electron chi connectivity index (χ3n) is 2.18. The molecule has 1 saturated heterocycles. The van der Waals surface area contributed by atoms with E-state index in [-0.39, 0.29) is 12.4 Å². The minimum Gasteiger partial charge on any atom is -0.447 e. The lowest BCUT2D eigenvalue weighted by Crippen LogP contribution is -2.19. The molecule has 4 nitrogen and oxygen atoms in total. The molecule has 1 unspecified atom stereocenters. The molecular formula is C10H9F2NO3. The average molecular weight is 229 g/mol. The zero-order valence-corrected chi connectivity index (χ0v) is 8.15. The monoisotopic (exact) mass is 229 g/mol. The topological polar surface area (TPSA) is 47.6 Å². The van der Waals surface area contributed by atoms with Crippen molar-refractivity contribution in [1.82, 2.24) is 5.32 Å². The van der Waals surface area contributed by atoms with Gasteiger partial charge < -0.3 is 14.8 Å². The fourth-order valence-corrected chi connectivity index (χ4v) is 1.52. The first kappa shape index (κ1) is 10.7. The van der Waals surface area contributed by atoms with Crippen LogP contribution in [0.15, 0.2) is 24.3 Å². The highest BCUT2D eigenvalue weighted by Crippen LogP contribution is 2.28. The maximum atomic E-state index is 12.1. The van der Waals surface area contributed by atoms with Crippen molar-refractivity contribution in [3.05, 3.63) is 29.8 Å². The lowest BCUT2D eigenvalue weighted by atomic mass is 10.1. The van der Waals surface area contributed by atoms with E-state index < -0.39 is 18.7 Å². The number of rotatable bonds is 3. The maximum Gasteiger partial charge on any atom is 0.407 e. The number of amides is 1. The molecule has 2 rings (SSSR count). The van der Waals surface area contributed by atoms with E-state index in [1.54, 1.807) is 18.2 Å². The zero-order chi connectivity index (χ0) is 11.5. The molecule has 0 spiro atoms. The van der Waals surface area contributed by atoms with E-state index in [0.29, 0.717) is 5.56 Å². The molecule has 0 aromatic heterocycles. The molecule has 1 N–H and O–H groups in total. The lowest BCUT2D eigenvalue weighted by Gasteiger charge is -2.13. The van der Waals surface area contributed by atoms with Gasteiger partial charge in [-0.05, 0) is 6.07 Å². The van der Waals surface area contributed by atoms with Crippen LogP contribution in [0.1, 0.15) is 11.6 Å². The van der Waals surface area contributed by atoms with E-state index in [2.05, 4.69) is 14.8 Å². The molecule has 6 heteroatoms. The van der Waals surface area contributed by atoms with Gasteiger partial charge in [0, 0.05) is 5.56 Å². The molecule has 0 bridgehead atoms. The number of para-hydroxylation sites is 1. The highest BCUT2D eigenvalue weighted by atomic mass is 19.3. The van der Waals surface area contributed by atoms with Crippen LogP contribution in [0.5, 0.6) is 5.75 Å². The first-order chi connectivity index (χ1) is 7.66. The molecule has 0 radical (unpaired) electrons. The van der Waals surface area contributed by atoms with Gasteiger partial charge in [-0.3, -0.25) is 0 Å². The number of carbonyl (C=O) groups excluding carboxylic acids is 1. The molecule has 1 aliphatic heterocycles. The molecule has 0 aliphatic carbocycles. The summed E-state index contributed by atoms with van der Waals surface area (Å²) in [6.07, 6.45) is -0.558. The Labute approximate surface area is 90.2 Å². The Balaban J connectivity index is 2.22. The van der Waals surface area contributed by atoms with Crippen molar-refractivity contribution in [2.45, 2.75) is 12.7 Å². The van der Waals surface area contributed by atoms with Crippen molar-refractivity contribution >= 4 is 6.09 Å². The summed E-state index contributed by atoms with van der Waals surface area (Å²) in [4.78, 5) is 10.8. The average Bonchev–Trinajstić information content (AvgIpc) is 2.65. The minimum absolute atomic E-state index is 0.0494. The molecule has 1 heterocycles. The smallest absolute Gasteiger partial charge is 0.407 e. The van der Waals surface area contributed by atoms with E-state index in [0.717, 1.165) is 0 Å². The highest BCUT2D eigenvalue weighted by molar-refractivity contribution is 5.70. The van der Waals surface area contributed by atoms with Crippen molar-refractivity contribution in [3.63, 3.8) is 0 Å². The summed E-state index contributed by atoms with van der Waals surface area (Å²) in [5.74, 6) is 0.0494. The van der Waals surface area contributed by atoms with Gasteiger partial charge in [-0.15, -0.1) is 0 Å². The van der Waals surface area contributed by atoms with E-state index in [9.17, 15) is 13.6 Å². The van der Waals surface area contributed by atoms with Crippen LogP contribution in [-0.2, 0) is 4.74 Å². The van der Waals surface area contributed by atoms with Crippen LogP contribution in [0, 0.1) is 0 Å². The zero-order valence-electron chi connectivity index (χ0n) is 8.15. The second-order valence-corrected chi connectivity index (χ2v) is 3.21. The molecule has 1 aromatic carbocycles. The van der Waals surface area contributed by atoms with Gasteiger partial charge in [-0.1, -0.05) is 18.2 Å². The summed E-state index contributed by atoms with van der Waals surface area (Å²) >= 11 is 0. The Kier molecular flexibility index (Phi) is 2.89. The van der Waals surface area contributed by atoms with Crippen molar-refractivity contribution in [3.8, 4) is 5.75 Å². The summed E-state index contributed by atoms with van der Waals surface area (Å²) < 4.78 is 33.3. The maximum absolute atomic E-state index is 12.1. The number of benzene rings is 1. The van der Waals surface area contributed by atoms with Crippen LogP contribution in [0.4, 0.5) is 13.6 Å². The summed E-state index contributed by atoms with van der Waals surface area (Å²) in [6, 6.07) is 5.85. The van der Waals surface area contributed by atoms with Gasteiger partial charge in [0.2, 0.25) is 0 Å². The summed E-state index contributed by atoms with van der Waals surface area (Å²) in [6.45, 7) is -2.78. The number of ether oxygens (including phenoxy) is 2. The van der Waals surface area contributed by atoms with Gasteiger partial charge in [-0.2, -0.15) is 8.78 Å². The van der Waals surface area contributed by atoms with E-state index in [4.69, 9.17) is 0 Å². The lowest BCUT2D eigenvalue weighted by molar-refractivity contribution is -0.0507. The molecule has 86 valence electrons. The quantitative estimate of drug-likeness (QED) is 0.863. The highest BCUT2D eigenvalue weighted by Gasteiger charge is 2.26. The van der Waals surface area contributed by atoms with Crippen molar-refractivity contribution < 1.29 is 23.0 Å². The van der Waals surface area contributed by atoms with Gasteiger partial charge in [0.05, 0.1) is 6.04 Å². The van der Waals surface area contributed by atoms with Crippen LogP contribution in [-0.4, -0.2) is 19.3 Å². The third kappa shape index (κ3) is 2.21. The van der Waals surface area contributed by atoms with Gasteiger partial charge in [0.25, 0.3) is 0 Å². The largest absolute Gasteiger partial charge is 0.447 e. The molecule has 1 atom stereocenters. The van der Waals surface area contributed by atoms with Gasteiger partial charge in [0.1, 0.15) is 12.4 Å². The Morgan fingerprint density at radius 3 is 2.81 bits per heavy atom. The Hall–Kier alpha value is -1.85. The molecular weight excluding hydrogens is 220 g/mol. The molecule has 1 aliphatic rings. The number of alkyl carbamates (subject to hydrolysis) is 1. The van der Waals surface area contributed by atoms with Crippen LogP contribution >= 0.6 is 0 Å². The molecule has 1 aromatic rings. The van der Waals surface area contributed by atoms with Crippen LogP contribution < -0.4 is 10.1 Å². The van der Waals surface area contributed by atoms with Crippen LogP contribution in [0.2, 0.25) is 0 Å². The molecule has 1 fully saturated rings. The second kappa shape index (κ2) is 4.34. The number of hydrogen-bond acceptors (Lipinski definition) is 3. The number of alkyl halides is 2. The molecule has 16 heavy (non-hydrogen) atoms. The Morgan fingerprint density at radius 2 is 2.19 bits per heavy atom. The van der Waals surface area contributed by atoms with Gasteiger partial charge in [-0.25, -0.2) is 4.79 Å². The van der Waals surface area contributed by atoms with Crippen molar-refractivity contribution in [2.75, 3.05) is 6.61 Å². The fourth-order valence-electron chi connectivity index (χ4n) is 1.52. The Morgan fingerprint density at radius 1 is 1.44 bits per heavy atom. The predicted molar refractivity (Wildman–Crippen MR) is 50.3 cm³/mol. The van der Waals surface area contributed by atoms with Gasteiger partial charge in [0.15, 0.2) is 0 Å². The van der Waals surface area contributed by atoms with E-state index in [1.807, 2.05) is 0 Å². The molecule has 1 amide bonds. The standard InChI is InChI=1S/C10H9F2NO3/c11-9(12)16-8-4-2-1-3-6(8)7-5-15-10(14)13-7/h1-4,7,9H,5H2,(H,13,14). The summed E-state index contributed by atoms with van der Waals surface area (Å²) in [7, 11) is 0. The first-order valence-corrected chi connectivity index (χ1v) is 4.64. The van der Waals surface area contributed by atoms with E-state index in [1.165, 1.54) is 6.07 Å². The fraction of sp³-hybridized carbons (Fsp3) is 0.300. The SMILES string of the molecule is O=C1NC(c2ccccc2OC(F)F)CO1. The number of carbonyl (C=O) groups is 1. The Bertz CT molecular complexity index is 397. The molecule has 0 saturated carbocycles.